The summed E-state index contributed by atoms with van der Waals surface area (Å²) < 4.78 is 28.2. The topological polar surface area (TPSA) is 50.7 Å². The van der Waals surface area contributed by atoms with E-state index < -0.39 is 11.6 Å². The van der Waals surface area contributed by atoms with Gasteiger partial charge < -0.3 is 4.98 Å². The third-order valence-corrected chi connectivity index (χ3v) is 3.47. The first-order valence-electron chi connectivity index (χ1n) is 6.53. The number of halogens is 2. The second-order valence-corrected chi connectivity index (χ2v) is 4.90. The average molecular weight is 289 g/mol. The molecular weight excluding hydrogens is 276 g/mol. The summed E-state index contributed by atoms with van der Waals surface area (Å²) in [4.78, 5) is 15.1. The van der Waals surface area contributed by atoms with E-state index in [9.17, 15) is 13.6 Å². The lowest BCUT2D eigenvalue weighted by molar-refractivity contribution is 0.498. The maximum absolute atomic E-state index is 13.6. The fourth-order valence-electron chi connectivity index (χ4n) is 2.40. The van der Waals surface area contributed by atoms with Gasteiger partial charge in [0, 0.05) is 18.8 Å². The Labute approximate surface area is 119 Å². The van der Waals surface area contributed by atoms with Crippen molar-refractivity contribution in [3.05, 3.63) is 63.6 Å². The van der Waals surface area contributed by atoms with Crippen molar-refractivity contribution in [2.45, 2.75) is 12.8 Å². The van der Waals surface area contributed by atoms with Crippen molar-refractivity contribution in [3.8, 4) is 0 Å². The molecule has 2 aromatic heterocycles. The summed E-state index contributed by atoms with van der Waals surface area (Å²) in [5, 5.41) is 4.02. The molecule has 21 heavy (non-hydrogen) atoms. The monoisotopic (exact) mass is 289 g/mol. The van der Waals surface area contributed by atoms with Gasteiger partial charge in [0.1, 0.15) is 5.52 Å². The number of hydrogen-bond donors (Lipinski definition) is 1. The maximum atomic E-state index is 13.6. The lowest BCUT2D eigenvalue weighted by Gasteiger charge is -2.05. The molecule has 1 aromatic carbocycles. The predicted octanol–water partition coefficient (Wildman–Crippen LogP) is 2.33. The average Bonchev–Trinajstić information content (AvgIpc) is 2.82. The highest BCUT2D eigenvalue weighted by atomic mass is 19.2. The highest BCUT2D eigenvalue weighted by Gasteiger charge is 2.10. The van der Waals surface area contributed by atoms with Crippen molar-refractivity contribution in [1.82, 2.24) is 14.8 Å². The van der Waals surface area contributed by atoms with Crippen LogP contribution in [0.1, 0.15) is 11.3 Å². The van der Waals surface area contributed by atoms with Gasteiger partial charge >= 0.3 is 0 Å². The Kier molecular flexibility index (Phi) is 3.29. The molecule has 4 nitrogen and oxygen atoms in total. The molecule has 108 valence electrons. The molecule has 3 rings (SSSR count). The van der Waals surface area contributed by atoms with E-state index in [4.69, 9.17) is 0 Å². The molecule has 0 aliphatic rings. The van der Waals surface area contributed by atoms with Crippen LogP contribution in [0.25, 0.3) is 11.0 Å². The van der Waals surface area contributed by atoms with E-state index in [0.717, 1.165) is 6.07 Å². The van der Waals surface area contributed by atoms with E-state index in [1.807, 2.05) is 0 Å². The first-order chi connectivity index (χ1) is 10.1. The van der Waals surface area contributed by atoms with Crippen LogP contribution >= 0.6 is 0 Å². The van der Waals surface area contributed by atoms with Crippen LogP contribution in [0.5, 0.6) is 0 Å². The Hall–Kier alpha value is -2.50. The second kappa shape index (κ2) is 5.12. The van der Waals surface area contributed by atoms with Gasteiger partial charge in [-0.15, -0.1) is 0 Å². The standard InChI is InChI=1S/C15H13F2N3O/c1-20-15-12(8-18-20)19-10(7-13(15)21)6-5-9-3-2-4-11(16)14(9)17/h2-4,7-8H,5-6H2,1H3,(H,19,21). The predicted molar refractivity (Wildman–Crippen MR) is 75.1 cm³/mol. The summed E-state index contributed by atoms with van der Waals surface area (Å²) >= 11 is 0. The first kappa shape index (κ1) is 13.5. The van der Waals surface area contributed by atoms with Crippen molar-refractivity contribution in [2.75, 3.05) is 0 Å². The van der Waals surface area contributed by atoms with Gasteiger partial charge in [0.25, 0.3) is 0 Å². The molecule has 3 aromatic rings. The van der Waals surface area contributed by atoms with Crippen LogP contribution in [0.4, 0.5) is 8.78 Å². The van der Waals surface area contributed by atoms with E-state index >= 15 is 0 Å². The van der Waals surface area contributed by atoms with Crippen LogP contribution in [0.3, 0.4) is 0 Å². The van der Waals surface area contributed by atoms with Crippen LogP contribution in [-0.2, 0) is 19.9 Å². The Balaban J connectivity index is 1.89. The molecule has 0 bridgehead atoms. The smallest absolute Gasteiger partial charge is 0.207 e. The lowest BCUT2D eigenvalue weighted by Crippen LogP contribution is -2.09. The molecule has 0 saturated heterocycles. The lowest BCUT2D eigenvalue weighted by atomic mass is 10.1. The number of aryl methyl sites for hydroxylation is 3. The van der Waals surface area contributed by atoms with Crippen molar-refractivity contribution >= 4 is 11.0 Å². The second-order valence-electron chi connectivity index (χ2n) is 4.90. The Morgan fingerprint density at radius 2 is 2.10 bits per heavy atom. The van der Waals surface area contributed by atoms with Gasteiger partial charge in [-0.05, 0) is 24.5 Å². The highest BCUT2D eigenvalue weighted by molar-refractivity contribution is 5.73. The highest BCUT2D eigenvalue weighted by Crippen LogP contribution is 2.14. The number of aromatic nitrogens is 3. The Morgan fingerprint density at radius 1 is 1.29 bits per heavy atom. The SMILES string of the molecule is Cn1ncc2[nH]c(CCc3cccc(F)c3F)cc(=O)c21. The minimum Gasteiger partial charge on any atom is -0.356 e. The molecular formula is C15H13F2N3O. The largest absolute Gasteiger partial charge is 0.356 e. The number of nitrogens with one attached hydrogen (secondary N) is 1. The number of H-pyrrole nitrogens is 1. The molecule has 0 unspecified atom stereocenters. The summed E-state index contributed by atoms with van der Waals surface area (Å²) in [5.74, 6) is -1.69. The summed E-state index contributed by atoms with van der Waals surface area (Å²) in [6.45, 7) is 0. The first-order valence-corrected chi connectivity index (χ1v) is 6.53. The third-order valence-electron chi connectivity index (χ3n) is 3.47. The van der Waals surface area contributed by atoms with E-state index in [1.165, 1.54) is 16.8 Å². The minimum absolute atomic E-state index is 0.140. The zero-order valence-electron chi connectivity index (χ0n) is 11.4. The van der Waals surface area contributed by atoms with Crippen LogP contribution in [0.2, 0.25) is 0 Å². The molecule has 0 aliphatic heterocycles. The van der Waals surface area contributed by atoms with Crippen LogP contribution < -0.4 is 5.43 Å². The molecule has 1 N–H and O–H groups in total. The maximum Gasteiger partial charge on any atom is 0.207 e. The van der Waals surface area contributed by atoms with E-state index in [-0.39, 0.29) is 5.43 Å². The molecule has 6 heteroatoms. The Morgan fingerprint density at radius 3 is 2.90 bits per heavy atom. The van der Waals surface area contributed by atoms with Crippen molar-refractivity contribution in [1.29, 1.82) is 0 Å². The number of hydrogen-bond acceptors (Lipinski definition) is 2. The summed E-state index contributed by atoms with van der Waals surface area (Å²) in [7, 11) is 1.69. The van der Waals surface area contributed by atoms with Gasteiger partial charge in [-0.1, -0.05) is 12.1 Å². The molecule has 0 fully saturated rings. The minimum atomic E-state index is -0.858. The molecule has 0 saturated carbocycles. The van der Waals surface area contributed by atoms with Gasteiger partial charge in [0.2, 0.25) is 5.43 Å². The van der Waals surface area contributed by atoms with E-state index in [1.54, 1.807) is 19.3 Å². The van der Waals surface area contributed by atoms with E-state index in [2.05, 4.69) is 10.1 Å². The quantitative estimate of drug-likeness (QED) is 0.804. The zero-order valence-corrected chi connectivity index (χ0v) is 11.4. The molecule has 2 heterocycles. The fraction of sp³-hybridized carbons (Fsp3) is 0.200. The Bertz CT molecular complexity index is 867. The number of nitrogens with zero attached hydrogens (tertiary/aromatic N) is 2. The van der Waals surface area contributed by atoms with Crippen molar-refractivity contribution in [3.63, 3.8) is 0 Å². The number of pyridine rings is 1. The van der Waals surface area contributed by atoms with Crippen molar-refractivity contribution in [2.24, 2.45) is 7.05 Å². The van der Waals surface area contributed by atoms with Crippen LogP contribution in [0.15, 0.2) is 35.3 Å². The van der Waals surface area contributed by atoms with Crippen LogP contribution in [-0.4, -0.2) is 14.8 Å². The van der Waals surface area contributed by atoms with Gasteiger partial charge in [-0.25, -0.2) is 8.78 Å². The number of rotatable bonds is 3. The molecule has 0 spiro atoms. The number of aromatic amines is 1. The molecule has 0 amide bonds. The van der Waals surface area contributed by atoms with Gasteiger partial charge in [-0.2, -0.15) is 5.10 Å². The van der Waals surface area contributed by atoms with Crippen LogP contribution in [0, 0.1) is 11.6 Å². The van der Waals surface area contributed by atoms with E-state index in [0.29, 0.717) is 35.1 Å². The normalized spacial score (nSPS) is 11.2. The number of benzene rings is 1. The third kappa shape index (κ3) is 2.44. The molecule has 0 radical (unpaired) electrons. The number of fused-ring (bicyclic) bond motifs is 1. The fourth-order valence-corrected chi connectivity index (χ4v) is 2.40. The van der Waals surface area contributed by atoms with Gasteiger partial charge in [-0.3, -0.25) is 9.48 Å². The van der Waals surface area contributed by atoms with Crippen molar-refractivity contribution < 1.29 is 8.78 Å². The van der Waals surface area contributed by atoms with Gasteiger partial charge in [0.05, 0.1) is 11.7 Å². The zero-order chi connectivity index (χ0) is 15.0. The molecule has 0 aliphatic carbocycles. The summed E-state index contributed by atoms with van der Waals surface area (Å²) in [6.07, 6.45) is 2.30. The summed E-state index contributed by atoms with van der Waals surface area (Å²) in [6, 6.07) is 5.57. The summed E-state index contributed by atoms with van der Waals surface area (Å²) in [5.41, 5.74) is 1.96. The molecule has 0 atom stereocenters. The van der Waals surface area contributed by atoms with Gasteiger partial charge in [0.15, 0.2) is 11.6 Å².